The molecule has 0 saturated heterocycles. The van der Waals surface area contributed by atoms with Crippen LogP contribution in [0, 0.1) is 6.92 Å². The molecule has 5 nitrogen and oxygen atoms in total. The van der Waals surface area contributed by atoms with Crippen LogP contribution in [-0.2, 0) is 4.79 Å². The van der Waals surface area contributed by atoms with Crippen molar-refractivity contribution in [2.75, 3.05) is 0 Å². The molecule has 0 spiro atoms. The van der Waals surface area contributed by atoms with Crippen molar-refractivity contribution >= 4 is 22.7 Å². The number of aryl methyl sites for hydroxylation is 1. The number of carbonyl (C=O) groups excluding carboxylic acids is 1. The van der Waals surface area contributed by atoms with Gasteiger partial charge in [0.05, 0.1) is 22.8 Å². The number of benzene rings is 2. The van der Waals surface area contributed by atoms with Gasteiger partial charge in [0, 0.05) is 30.8 Å². The summed E-state index contributed by atoms with van der Waals surface area (Å²) in [6.07, 6.45) is 4.46. The SMILES string of the molecule is CCC(=O)N1N=C(c2ccc(C)cc2)C[C@H]1c1cccc2nccnc12. The highest BCUT2D eigenvalue weighted by Crippen LogP contribution is 2.35. The Morgan fingerprint density at radius 2 is 1.88 bits per heavy atom. The summed E-state index contributed by atoms with van der Waals surface area (Å²) < 4.78 is 0. The van der Waals surface area contributed by atoms with Crippen LogP contribution in [-0.4, -0.2) is 26.6 Å². The van der Waals surface area contributed by atoms with Gasteiger partial charge in [-0.2, -0.15) is 5.10 Å². The van der Waals surface area contributed by atoms with E-state index in [9.17, 15) is 4.79 Å². The molecule has 1 aromatic heterocycles. The molecular weight excluding hydrogens is 324 g/mol. The van der Waals surface area contributed by atoms with Gasteiger partial charge in [-0.15, -0.1) is 0 Å². The Balaban J connectivity index is 1.78. The zero-order valence-electron chi connectivity index (χ0n) is 14.9. The van der Waals surface area contributed by atoms with Gasteiger partial charge in [-0.25, -0.2) is 5.01 Å². The van der Waals surface area contributed by atoms with Crippen molar-refractivity contribution in [3.8, 4) is 0 Å². The molecule has 1 atom stereocenters. The average Bonchev–Trinajstić information content (AvgIpc) is 3.12. The summed E-state index contributed by atoms with van der Waals surface area (Å²) in [6.45, 7) is 3.92. The quantitative estimate of drug-likeness (QED) is 0.721. The van der Waals surface area contributed by atoms with Crippen LogP contribution in [0.3, 0.4) is 0 Å². The van der Waals surface area contributed by atoms with Crippen LogP contribution in [0.4, 0.5) is 0 Å². The number of carbonyl (C=O) groups is 1. The van der Waals surface area contributed by atoms with E-state index in [0.29, 0.717) is 12.8 Å². The minimum absolute atomic E-state index is 0.0120. The molecule has 3 aromatic rings. The Labute approximate surface area is 152 Å². The molecule has 1 aliphatic heterocycles. The van der Waals surface area contributed by atoms with E-state index in [-0.39, 0.29) is 11.9 Å². The maximum atomic E-state index is 12.5. The molecule has 0 saturated carbocycles. The summed E-state index contributed by atoms with van der Waals surface area (Å²) in [4.78, 5) is 21.4. The van der Waals surface area contributed by atoms with Crippen LogP contribution in [0.15, 0.2) is 60.0 Å². The first-order chi connectivity index (χ1) is 12.7. The molecule has 26 heavy (non-hydrogen) atoms. The third-order valence-electron chi connectivity index (χ3n) is 4.74. The minimum Gasteiger partial charge on any atom is -0.273 e. The van der Waals surface area contributed by atoms with E-state index in [4.69, 9.17) is 0 Å². The van der Waals surface area contributed by atoms with Crippen molar-refractivity contribution < 1.29 is 4.79 Å². The lowest BCUT2D eigenvalue weighted by molar-refractivity contribution is -0.132. The normalized spacial score (nSPS) is 16.8. The average molecular weight is 344 g/mol. The molecule has 5 heteroatoms. The van der Waals surface area contributed by atoms with Crippen molar-refractivity contribution in [1.29, 1.82) is 0 Å². The van der Waals surface area contributed by atoms with E-state index in [2.05, 4.69) is 46.3 Å². The summed E-state index contributed by atoms with van der Waals surface area (Å²) in [6, 6.07) is 14.0. The number of aromatic nitrogens is 2. The summed E-state index contributed by atoms with van der Waals surface area (Å²) in [7, 11) is 0. The lowest BCUT2D eigenvalue weighted by Crippen LogP contribution is -2.26. The standard InChI is InChI=1S/C21H20N4O/c1-3-20(26)25-19(13-18(24-25)15-9-7-14(2)8-10-15)16-5-4-6-17-21(16)23-12-11-22-17/h4-12,19H,3,13H2,1-2H3/t19-/m0/s1. The van der Waals surface area contributed by atoms with Gasteiger partial charge in [-0.3, -0.25) is 14.8 Å². The molecule has 1 amide bonds. The fourth-order valence-corrected chi connectivity index (χ4v) is 3.35. The molecule has 2 heterocycles. The number of hydrazone groups is 1. The zero-order valence-corrected chi connectivity index (χ0v) is 14.9. The maximum absolute atomic E-state index is 12.5. The second-order valence-electron chi connectivity index (χ2n) is 6.50. The van der Waals surface area contributed by atoms with Crippen molar-refractivity contribution in [2.24, 2.45) is 5.10 Å². The molecule has 1 aliphatic rings. The first-order valence-corrected chi connectivity index (χ1v) is 8.83. The number of para-hydroxylation sites is 1. The van der Waals surface area contributed by atoms with Crippen LogP contribution in [0.2, 0.25) is 0 Å². The second kappa shape index (κ2) is 6.67. The van der Waals surface area contributed by atoms with Crippen LogP contribution in [0.5, 0.6) is 0 Å². The highest BCUT2D eigenvalue weighted by atomic mass is 16.2. The number of amides is 1. The van der Waals surface area contributed by atoms with E-state index in [1.165, 1.54) is 5.56 Å². The van der Waals surface area contributed by atoms with Crippen molar-refractivity contribution in [2.45, 2.75) is 32.7 Å². The van der Waals surface area contributed by atoms with E-state index in [1.807, 2.05) is 25.1 Å². The molecule has 0 N–H and O–H groups in total. The van der Waals surface area contributed by atoms with Crippen LogP contribution >= 0.6 is 0 Å². The monoisotopic (exact) mass is 344 g/mol. The van der Waals surface area contributed by atoms with Gasteiger partial charge >= 0.3 is 0 Å². The Morgan fingerprint density at radius 3 is 2.65 bits per heavy atom. The molecule has 2 aromatic carbocycles. The van der Waals surface area contributed by atoms with Crippen molar-refractivity contribution in [3.63, 3.8) is 0 Å². The summed E-state index contributed by atoms with van der Waals surface area (Å²) in [5, 5.41) is 6.30. The highest BCUT2D eigenvalue weighted by molar-refractivity contribution is 6.03. The van der Waals surface area contributed by atoms with Gasteiger partial charge in [0.15, 0.2) is 0 Å². The Bertz CT molecular complexity index is 989. The van der Waals surface area contributed by atoms with Crippen LogP contribution in [0.1, 0.15) is 42.5 Å². The van der Waals surface area contributed by atoms with Gasteiger partial charge in [-0.1, -0.05) is 48.9 Å². The highest BCUT2D eigenvalue weighted by Gasteiger charge is 2.33. The van der Waals surface area contributed by atoms with Gasteiger partial charge < -0.3 is 0 Å². The summed E-state index contributed by atoms with van der Waals surface area (Å²) in [5.74, 6) is 0.0120. The second-order valence-corrected chi connectivity index (χ2v) is 6.50. The summed E-state index contributed by atoms with van der Waals surface area (Å²) in [5.41, 5.74) is 5.83. The molecule has 130 valence electrons. The molecule has 0 radical (unpaired) electrons. The number of nitrogens with zero attached hydrogens (tertiary/aromatic N) is 4. The molecule has 0 unspecified atom stereocenters. The zero-order chi connectivity index (χ0) is 18.1. The lowest BCUT2D eigenvalue weighted by atomic mass is 9.96. The number of fused-ring (bicyclic) bond motifs is 1. The van der Waals surface area contributed by atoms with Crippen LogP contribution < -0.4 is 0 Å². The number of hydrogen-bond acceptors (Lipinski definition) is 4. The van der Waals surface area contributed by atoms with E-state index in [1.54, 1.807) is 17.4 Å². The van der Waals surface area contributed by atoms with E-state index >= 15 is 0 Å². The Hall–Kier alpha value is -3.08. The number of rotatable bonds is 3. The summed E-state index contributed by atoms with van der Waals surface area (Å²) >= 11 is 0. The molecular formula is C21H20N4O. The van der Waals surface area contributed by atoms with Gasteiger partial charge in [0.1, 0.15) is 0 Å². The largest absolute Gasteiger partial charge is 0.273 e. The smallest absolute Gasteiger partial charge is 0.242 e. The molecule has 0 aliphatic carbocycles. The topological polar surface area (TPSA) is 58.5 Å². The van der Waals surface area contributed by atoms with Gasteiger partial charge in [0.2, 0.25) is 5.91 Å². The molecule has 4 rings (SSSR count). The van der Waals surface area contributed by atoms with Gasteiger partial charge in [-0.05, 0) is 18.6 Å². The third kappa shape index (κ3) is 2.86. The predicted octanol–water partition coefficient (Wildman–Crippen LogP) is 4.03. The number of hydrogen-bond donors (Lipinski definition) is 0. The Kier molecular flexibility index (Phi) is 4.21. The first kappa shape index (κ1) is 16.4. The van der Waals surface area contributed by atoms with E-state index in [0.717, 1.165) is 27.9 Å². The fraction of sp³-hybridized carbons (Fsp3) is 0.238. The van der Waals surface area contributed by atoms with Crippen molar-refractivity contribution in [1.82, 2.24) is 15.0 Å². The fourth-order valence-electron chi connectivity index (χ4n) is 3.35. The third-order valence-corrected chi connectivity index (χ3v) is 4.74. The predicted molar refractivity (Wildman–Crippen MR) is 102 cm³/mol. The first-order valence-electron chi connectivity index (χ1n) is 8.83. The molecule has 0 fully saturated rings. The van der Waals surface area contributed by atoms with Gasteiger partial charge in [0.25, 0.3) is 0 Å². The Morgan fingerprint density at radius 1 is 1.12 bits per heavy atom. The van der Waals surface area contributed by atoms with Crippen molar-refractivity contribution in [3.05, 3.63) is 71.5 Å². The maximum Gasteiger partial charge on any atom is 0.242 e. The van der Waals surface area contributed by atoms with E-state index < -0.39 is 0 Å². The molecule has 0 bridgehead atoms. The lowest BCUT2D eigenvalue weighted by Gasteiger charge is -2.22. The van der Waals surface area contributed by atoms with Crippen LogP contribution in [0.25, 0.3) is 11.0 Å². The minimum atomic E-state index is -0.154.